The summed E-state index contributed by atoms with van der Waals surface area (Å²) in [7, 11) is 1.53. The van der Waals surface area contributed by atoms with E-state index in [-0.39, 0.29) is 5.75 Å². The largest absolute Gasteiger partial charge is 0.504 e. The Morgan fingerprint density at radius 3 is 2.72 bits per heavy atom. The highest BCUT2D eigenvalue weighted by Gasteiger charge is 2.18. The molecule has 0 aliphatic heterocycles. The third-order valence-corrected chi connectivity index (χ3v) is 2.87. The predicted molar refractivity (Wildman–Crippen MR) is 71.9 cm³/mol. The van der Waals surface area contributed by atoms with Crippen LogP contribution in [0.25, 0.3) is 0 Å². The Morgan fingerprint density at radius 1 is 1.39 bits per heavy atom. The van der Waals surface area contributed by atoms with E-state index in [9.17, 15) is 10.2 Å². The van der Waals surface area contributed by atoms with Crippen LogP contribution in [0.3, 0.4) is 0 Å². The predicted octanol–water partition coefficient (Wildman–Crippen LogP) is 2.04. The van der Waals surface area contributed by atoms with Gasteiger partial charge in [-0.2, -0.15) is 0 Å². The lowest BCUT2D eigenvalue weighted by Gasteiger charge is -2.23. The Bertz CT molecular complexity index is 377. The van der Waals surface area contributed by atoms with Crippen LogP contribution in [0.1, 0.15) is 32.3 Å². The molecule has 0 saturated carbocycles. The van der Waals surface area contributed by atoms with Crippen LogP contribution in [-0.2, 0) is 6.54 Å². The van der Waals surface area contributed by atoms with Crippen LogP contribution in [0.5, 0.6) is 11.5 Å². The van der Waals surface area contributed by atoms with E-state index in [1.165, 1.54) is 7.11 Å². The number of hydrogen-bond acceptors (Lipinski definition) is 4. The molecule has 0 aromatic heterocycles. The van der Waals surface area contributed by atoms with Gasteiger partial charge in [-0.05, 0) is 31.0 Å². The van der Waals surface area contributed by atoms with Crippen LogP contribution < -0.4 is 10.1 Å². The number of hydrogen-bond donors (Lipinski definition) is 3. The molecule has 4 nitrogen and oxygen atoms in total. The molecule has 3 N–H and O–H groups in total. The van der Waals surface area contributed by atoms with E-state index in [0.717, 1.165) is 18.4 Å². The standard InChI is InChI=1S/C14H23NO3/c1-4-7-14(2,17)10-15-9-11-5-6-12(16)13(8-11)18-3/h5-6,8,15-17H,4,7,9-10H2,1-3H3. The Hall–Kier alpha value is -1.26. The lowest BCUT2D eigenvalue weighted by atomic mass is 10.0. The minimum atomic E-state index is -0.671. The lowest BCUT2D eigenvalue weighted by molar-refractivity contribution is 0.0498. The summed E-state index contributed by atoms with van der Waals surface area (Å²) in [6.07, 6.45) is 1.74. The van der Waals surface area contributed by atoms with E-state index >= 15 is 0 Å². The third kappa shape index (κ3) is 4.55. The third-order valence-electron chi connectivity index (χ3n) is 2.87. The summed E-state index contributed by atoms with van der Waals surface area (Å²) in [5, 5.41) is 22.7. The zero-order valence-corrected chi connectivity index (χ0v) is 11.4. The molecule has 102 valence electrons. The van der Waals surface area contributed by atoms with Crippen molar-refractivity contribution in [3.63, 3.8) is 0 Å². The number of aromatic hydroxyl groups is 1. The smallest absolute Gasteiger partial charge is 0.160 e. The zero-order valence-electron chi connectivity index (χ0n) is 11.4. The number of benzene rings is 1. The van der Waals surface area contributed by atoms with Gasteiger partial charge in [-0.3, -0.25) is 0 Å². The fourth-order valence-electron chi connectivity index (χ4n) is 1.94. The molecule has 0 spiro atoms. The van der Waals surface area contributed by atoms with Gasteiger partial charge < -0.3 is 20.3 Å². The Balaban J connectivity index is 2.49. The molecule has 18 heavy (non-hydrogen) atoms. The summed E-state index contributed by atoms with van der Waals surface area (Å²) >= 11 is 0. The molecule has 1 aromatic carbocycles. The Kier molecular flexibility index (Phi) is 5.44. The normalized spacial score (nSPS) is 14.2. The van der Waals surface area contributed by atoms with Crippen LogP contribution >= 0.6 is 0 Å². The van der Waals surface area contributed by atoms with E-state index in [1.807, 2.05) is 13.0 Å². The highest BCUT2D eigenvalue weighted by molar-refractivity contribution is 5.41. The van der Waals surface area contributed by atoms with E-state index in [2.05, 4.69) is 12.2 Å². The van der Waals surface area contributed by atoms with Gasteiger partial charge in [-0.25, -0.2) is 0 Å². The molecule has 0 aliphatic rings. The molecular formula is C14H23NO3. The number of phenolic OH excluding ortho intramolecular Hbond substituents is 1. The van der Waals surface area contributed by atoms with Crippen molar-refractivity contribution in [2.24, 2.45) is 0 Å². The molecular weight excluding hydrogens is 230 g/mol. The first-order valence-corrected chi connectivity index (χ1v) is 6.27. The van der Waals surface area contributed by atoms with Gasteiger partial charge in [0.1, 0.15) is 0 Å². The number of rotatable bonds is 7. The van der Waals surface area contributed by atoms with Gasteiger partial charge in [0.2, 0.25) is 0 Å². The van der Waals surface area contributed by atoms with Gasteiger partial charge in [0.05, 0.1) is 12.7 Å². The van der Waals surface area contributed by atoms with Gasteiger partial charge in [0.15, 0.2) is 11.5 Å². The van der Waals surface area contributed by atoms with Gasteiger partial charge in [0.25, 0.3) is 0 Å². The topological polar surface area (TPSA) is 61.7 Å². The first-order chi connectivity index (χ1) is 8.48. The van der Waals surface area contributed by atoms with Crippen molar-refractivity contribution in [3.8, 4) is 11.5 Å². The van der Waals surface area contributed by atoms with Crippen molar-refractivity contribution in [2.45, 2.75) is 38.8 Å². The maximum atomic E-state index is 10.0. The molecule has 0 amide bonds. The first kappa shape index (κ1) is 14.8. The maximum Gasteiger partial charge on any atom is 0.160 e. The molecule has 0 saturated heterocycles. The monoisotopic (exact) mass is 253 g/mol. The maximum absolute atomic E-state index is 10.0. The van der Waals surface area contributed by atoms with Crippen molar-refractivity contribution in [2.75, 3.05) is 13.7 Å². The van der Waals surface area contributed by atoms with Gasteiger partial charge in [-0.1, -0.05) is 19.4 Å². The fraction of sp³-hybridized carbons (Fsp3) is 0.571. The molecule has 1 unspecified atom stereocenters. The second kappa shape index (κ2) is 6.61. The Labute approximate surface area is 109 Å². The average molecular weight is 253 g/mol. The summed E-state index contributed by atoms with van der Waals surface area (Å²) in [6, 6.07) is 5.23. The second-order valence-corrected chi connectivity index (χ2v) is 4.86. The second-order valence-electron chi connectivity index (χ2n) is 4.86. The summed E-state index contributed by atoms with van der Waals surface area (Å²) in [4.78, 5) is 0. The number of aliphatic hydroxyl groups is 1. The number of nitrogens with one attached hydrogen (secondary N) is 1. The Morgan fingerprint density at radius 2 is 2.11 bits per heavy atom. The van der Waals surface area contributed by atoms with Gasteiger partial charge >= 0.3 is 0 Å². The van der Waals surface area contributed by atoms with Crippen LogP contribution in [0.15, 0.2) is 18.2 Å². The number of ether oxygens (including phenoxy) is 1. The van der Waals surface area contributed by atoms with Crippen molar-refractivity contribution < 1.29 is 14.9 Å². The molecule has 1 aromatic rings. The highest BCUT2D eigenvalue weighted by Crippen LogP contribution is 2.26. The van der Waals surface area contributed by atoms with Gasteiger partial charge in [-0.15, -0.1) is 0 Å². The average Bonchev–Trinajstić information content (AvgIpc) is 2.31. The van der Waals surface area contributed by atoms with E-state index < -0.39 is 5.60 Å². The minimum absolute atomic E-state index is 0.138. The molecule has 1 atom stereocenters. The SMILES string of the molecule is CCCC(C)(O)CNCc1ccc(O)c(OC)c1. The lowest BCUT2D eigenvalue weighted by Crippen LogP contribution is -2.37. The summed E-state index contributed by atoms with van der Waals surface area (Å²) in [6.45, 7) is 5.07. The van der Waals surface area contributed by atoms with Crippen molar-refractivity contribution in [1.82, 2.24) is 5.32 Å². The highest BCUT2D eigenvalue weighted by atomic mass is 16.5. The first-order valence-electron chi connectivity index (χ1n) is 6.27. The fourth-order valence-corrected chi connectivity index (χ4v) is 1.94. The quantitative estimate of drug-likeness (QED) is 0.696. The molecule has 4 heteroatoms. The summed E-state index contributed by atoms with van der Waals surface area (Å²) in [5.41, 5.74) is 0.340. The number of phenols is 1. The molecule has 0 aliphatic carbocycles. The van der Waals surface area contributed by atoms with Crippen molar-refractivity contribution >= 4 is 0 Å². The van der Waals surface area contributed by atoms with E-state index in [4.69, 9.17) is 4.74 Å². The van der Waals surface area contributed by atoms with Crippen LogP contribution in [0.2, 0.25) is 0 Å². The number of methoxy groups -OCH3 is 1. The zero-order chi connectivity index (χ0) is 13.6. The van der Waals surface area contributed by atoms with Crippen molar-refractivity contribution in [3.05, 3.63) is 23.8 Å². The summed E-state index contributed by atoms with van der Waals surface area (Å²) in [5.74, 6) is 0.605. The molecule has 0 fully saturated rings. The van der Waals surface area contributed by atoms with Gasteiger partial charge in [0, 0.05) is 13.1 Å². The molecule has 0 bridgehead atoms. The minimum Gasteiger partial charge on any atom is -0.504 e. The van der Waals surface area contributed by atoms with Crippen molar-refractivity contribution in [1.29, 1.82) is 0 Å². The van der Waals surface area contributed by atoms with Crippen LogP contribution in [-0.4, -0.2) is 29.5 Å². The molecule has 0 radical (unpaired) electrons. The molecule has 0 heterocycles. The van der Waals surface area contributed by atoms with E-state index in [0.29, 0.717) is 18.8 Å². The summed E-state index contributed by atoms with van der Waals surface area (Å²) < 4.78 is 5.04. The van der Waals surface area contributed by atoms with Crippen LogP contribution in [0.4, 0.5) is 0 Å². The van der Waals surface area contributed by atoms with Crippen LogP contribution in [0, 0.1) is 0 Å². The molecule has 1 rings (SSSR count). The van der Waals surface area contributed by atoms with E-state index in [1.54, 1.807) is 12.1 Å².